The summed E-state index contributed by atoms with van der Waals surface area (Å²) in [7, 11) is 0. The molecule has 0 saturated heterocycles. The molecule has 1 aromatic carbocycles. The lowest BCUT2D eigenvalue weighted by molar-refractivity contribution is -0.121. The summed E-state index contributed by atoms with van der Waals surface area (Å²) >= 11 is 1.56. The number of hydrogen-bond donors (Lipinski definition) is 2. The number of carbonyl (C=O) groups is 2. The van der Waals surface area contributed by atoms with Crippen molar-refractivity contribution in [3.63, 3.8) is 0 Å². The normalized spacial score (nSPS) is 10.9. The van der Waals surface area contributed by atoms with Crippen LogP contribution in [0.15, 0.2) is 63.8 Å². The van der Waals surface area contributed by atoms with Gasteiger partial charge >= 0.3 is 0 Å². The van der Waals surface area contributed by atoms with Crippen LogP contribution in [0, 0.1) is 0 Å². The number of thiazole rings is 1. The first-order valence-electron chi connectivity index (χ1n) is 8.71. The van der Waals surface area contributed by atoms with Crippen LogP contribution in [0.1, 0.15) is 22.5 Å². The standard InChI is InChI=1S/C20H17N3O4S/c24-18(7-9-21-19(25)13-8-10-26-12-13)22-11-14-5-6-16(27-14)20-23-15-3-1-2-4-17(15)28-20/h1-6,8,10,12H,7,9,11H2,(H,21,25)(H,22,24). The van der Waals surface area contributed by atoms with Crippen molar-refractivity contribution >= 4 is 33.4 Å². The second-order valence-corrected chi connectivity index (χ2v) is 7.08. The number of benzene rings is 1. The third-order valence-corrected chi connectivity index (χ3v) is 5.10. The van der Waals surface area contributed by atoms with Crippen molar-refractivity contribution in [1.29, 1.82) is 0 Å². The van der Waals surface area contributed by atoms with Crippen molar-refractivity contribution in [1.82, 2.24) is 15.6 Å². The highest BCUT2D eigenvalue weighted by Crippen LogP contribution is 2.31. The van der Waals surface area contributed by atoms with Gasteiger partial charge in [-0.2, -0.15) is 0 Å². The predicted octanol–water partition coefficient (Wildman–Crippen LogP) is 3.59. The van der Waals surface area contributed by atoms with E-state index in [0.717, 1.165) is 15.2 Å². The Morgan fingerprint density at radius 3 is 2.79 bits per heavy atom. The van der Waals surface area contributed by atoms with Crippen LogP contribution >= 0.6 is 11.3 Å². The Hall–Kier alpha value is -3.39. The first-order chi connectivity index (χ1) is 13.7. The molecule has 0 fully saturated rings. The van der Waals surface area contributed by atoms with E-state index in [9.17, 15) is 9.59 Å². The largest absolute Gasteiger partial charge is 0.472 e. The fraction of sp³-hybridized carbons (Fsp3) is 0.150. The molecular weight excluding hydrogens is 378 g/mol. The van der Waals surface area contributed by atoms with Crippen molar-refractivity contribution < 1.29 is 18.4 Å². The molecule has 2 N–H and O–H groups in total. The van der Waals surface area contributed by atoms with E-state index in [2.05, 4.69) is 15.6 Å². The van der Waals surface area contributed by atoms with E-state index >= 15 is 0 Å². The van der Waals surface area contributed by atoms with Gasteiger partial charge in [0.05, 0.1) is 28.6 Å². The Morgan fingerprint density at radius 2 is 1.96 bits per heavy atom. The lowest BCUT2D eigenvalue weighted by atomic mass is 10.3. The lowest BCUT2D eigenvalue weighted by Gasteiger charge is -2.04. The number of furan rings is 2. The van der Waals surface area contributed by atoms with Gasteiger partial charge in [0, 0.05) is 13.0 Å². The van der Waals surface area contributed by atoms with E-state index in [1.807, 2.05) is 36.4 Å². The minimum absolute atomic E-state index is 0.176. The molecule has 0 bridgehead atoms. The molecule has 0 atom stereocenters. The smallest absolute Gasteiger partial charge is 0.254 e. The second kappa shape index (κ2) is 8.10. The van der Waals surface area contributed by atoms with Crippen LogP contribution in [0.3, 0.4) is 0 Å². The van der Waals surface area contributed by atoms with E-state index in [-0.39, 0.29) is 31.3 Å². The van der Waals surface area contributed by atoms with Gasteiger partial charge in [0.2, 0.25) is 5.91 Å². The average molecular weight is 395 g/mol. The summed E-state index contributed by atoms with van der Waals surface area (Å²) in [5.41, 5.74) is 1.37. The summed E-state index contributed by atoms with van der Waals surface area (Å²) < 4.78 is 11.7. The highest BCUT2D eigenvalue weighted by Gasteiger charge is 2.11. The average Bonchev–Trinajstić information content (AvgIpc) is 3.46. The van der Waals surface area contributed by atoms with Gasteiger partial charge in [0.1, 0.15) is 12.0 Å². The van der Waals surface area contributed by atoms with Crippen LogP contribution in [-0.4, -0.2) is 23.3 Å². The zero-order valence-electron chi connectivity index (χ0n) is 14.8. The van der Waals surface area contributed by atoms with Crippen LogP contribution in [0.2, 0.25) is 0 Å². The molecule has 0 aliphatic rings. The monoisotopic (exact) mass is 395 g/mol. The maximum Gasteiger partial charge on any atom is 0.254 e. The summed E-state index contributed by atoms with van der Waals surface area (Å²) in [6.07, 6.45) is 2.96. The van der Waals surface area contributed by atoms with E-state index < -0.39 is 0 Å². The highest BCUT2D eigenvalue weighted by atomic mass is 32.1. The van der Waals surface area contributed by atoms with Gasteiger partial charge in [-0.3, -0.25) is 9.59 Å². The molecule has 0 saturated carbocycles. The van der Waals surface area contributed by atoms with Crippen LogP contribution in [0.25, 0.3) is 21.0 Å². The second-order valence-electron chi connectivity index (χ2n) is 6.05. The Balaban J connectivity index is 1.26. The van der Waals surface area contributed by atoms with E-state index in [0.29, 0.717) is 17.1 Å². The topological polar surface area (TPSA) is 97.4 Å². The lowest BCUT2D eigenvalue weighted by Crippen LogP contribution is -2.30. The summed E-state index contributed by atoms with van der Waals surface area (Å²) in [6, 6.07) is 13.1. The minimum atomic E-state index is -0.270. The van der Waals surface area contributed by atoms with E-state index in [1.165, 1.54) is 12.5 Å². The fourth-order valence-electron chi connectivity index (χ4n) is 2.62. The van der Waals surface area contributed by atoms with Crippen LogP contribution < -0.4 is 10.6 Å². The predicted molar refractivity (Wildman–Crippen MR) is 105 cm³/mol. The molecular formula is C20H17N3O4S. The summed E-state index contributed by atoms with van der Waals surface area (Å²) in [4.78, 5) is 28.3. The van der Waals surface area contributed by atoms with Gasteiger partial charge in [-0.05, 0) is 30.3 Å². The third-order valence-electron chi connectivity index (χ3n) is 4.05. The highest BCUT2D eigenvalue weighted by molar-refractivity contribution is 7.21. The first-order valence-corrected chi connectivity index (χ1v) is 9.52. The number of fused-ring (bicyclic) bond motifs is 1. The maximum atomic E-state index is 11.9. The van der Waals surface area contributed by atoms with Crippen molar-refractivity contribution in [3.05, 3.63) is 66.3 Å². The molecule has 4 rings (SSSR count). The Morgan fingerprint density at radius 1 is 1.07 bits per heavy atom. The first kappa shape index (κ1) is 18.0. The van der Waals surface area contributed by atoms with E-state index in [4.69, 9.17) is 8.83 Å². The van der Waals surface area contributed by atoms with Crippen LogP contribution in [-0.2, 0) is 11.3 Å². The molecule has 3 heterocycles. The number of hydrogen-bond acceptors (Lipinski definition) is 6. The zero-order chi connectivity index (χ0) is 19.3. The quantitative estimate of drug-likeness (QED) is 0.498. The van der Waals surface area contributed by atoms with Gasteiger partial charge in [-0.1, -0.05) is 12.1 Å². The van der Waals surface area contributed by atoms with E-state index in [1.54, 1.807) is 17.4 Å². The Kier molecular flexibility index (Phi) is 5.20. The summed E-state index contributed by atoms with van der Waals surface area (Å²) in [5, 5.41) is 6.25. The van der Waals surface area contributed by atoms with Gasteiger partial charge in [-0.15, -0.1) is 11.3 Å². The van der Waals surface area contributed by atoms with Gasteiger partial charge < -0.3 is 19.5 Å². The SMILES string of the molecule is O=C(CCNC(=O)c1ccoc1)NCc1ccc(-c2nc3ccccc3s2)o1. The van der Waals surface area contributed by atoms with Gasteiger partial charge in [0.25, 0.3) is 5.91 Å². The van der Waals surface area contributed by atoms with Crippen LogP contribution in [0.4, 0.5) is 0 Å². The molecule has 4 aromatic rings. The Labute approximate surface area is 164 Å². The minimum Gasteiger partial charge on any atom is -0.472 e. The molecule has 0 radical (unpaired) electrons. The molecule has 28 heavy (non-hydrogen) atoms. The molecule has 142 valence electrons. The molecule has 0 spiro atoms. The molecule has 2 amide bonds. The summed E-state index contributed by atoms with van der Waals surface area (Å²) in [6.45, 7) is 0.518. The molecule has 0 unspecified atom stereocenters. The number of aromatic nitrogens is 1. The maximum absolute atomic E-state index is 11.9. The zero-order valence-corrected chi connectivity index (χ0v) is 15.6. The number of para-hydroxylation sites is 1. The summed E-state index contributed by atoms with van der Waals surface area (Å²) in [5.74, 6) is 0.876. The number of carbonyl (C=O) groups excluding carboxylic acids is 2. The third kappa shape index (κ3) is 4.12. The molecule has 0 aliphatic heterocycles. The molecule has 8 heteroatoms. The number of nitrogens with zero attached hydrogens (tertiary/aromatic N) is 1. The molecule has 0 aliphatic carbocycles. The van der Waals surface area contributed by atoms with Crippen molar-refractivity contribution in [2.45, 2.75) is 13.0 Å². The van der Waals surface area contributed by atoms with Crippen molar-refractivity contribution in [3.8, 4) is 10.8 Å². The number of rotatable bonds is 7. The van der Waals surface area contributed by atoms with Gasteiger partial charge in [0.15, 0.2) is 10.8 Å². The number of nitrogens with one attached hydrogen (secondary N) is 2. The molecule has 7 nitrogen and oxygen atoms in total. The van der Waals surface area contributed by atoms with Crippen molar-refractivity contribution in [2.75, 3.05) is 6.54 Å². The van der Waals surface area contributed by atoms with Gasteiger partial charge in [-0.25, -0.2) is 4.98 Å². The molecule has 3 aromatic heterocycles. The van der Waals surface area contributed by atoms with Crippen molar-refractivity contribution in [2.24, 2.45) is 0 Å². The van der Waals surface area contributed by atoms with Crippen LogP contribution in [0.5, 0.6) is 0 Å². The fourth-order valence-corrected chi connectivity index (χ4v) is 3.55. The Bertz CT molecular complexity index is 1060. The number of amides is 2.